The van der Waals surface area contributed by atoms with E-state index in [9.17, 15) is 0 Å². The van der Waals surface area contributed by atoms with E-state index in [2.05, 4.69) is 20.1 Å². The molecule has 3 aromatic rings. The van der Waals surface area contributed by atoms with Gasteiger partial charge in [0.1, 0.15) is 0 Å². The zero-order chi connectivity index (χ0) is 14.1. The van der Waals surface area contributed by atoms with Gasteiger partial charge in [-0.05, 0) is 38.1 Å². The van der Waals surface area contributed by atoms with Crippen LogP contribution in [0.1, 0.15) is 11.4 Å². The van der Waals surface area contributed by atoms with Crippen LogP contribution >= 0.6 is 0 Å². The lowest BCUT2D eigenvalue weighted by atomic mass is 10.2. The Labute approximate surface area is 117 Å². The topological polar surface area (TPSA) is 56.5 Å². The van der Waals surface area contributed by atoms with Crippen molar-refractivity contribution in [1.82, 2.24) is 24.7 Å². The van der Waals surface area contributed by atoms with Gasteiger partial charge in [-0.15, -0.1) is 0 Å². The highest BCUT2D eigenvalue weighted by molar-refractivity contribution is 5.61. The largest absolute Gasteiger partial charge is 0.265 e. The molecule has 0 aliphatic rings. The zero-order valence-corrected chi connectivity index (χ0v) is 11.7. The predicted octanol–water partition coefficient (Wildman–Crippen LogP) is 2.56. The molecule has 0 fully saturated rings. The van der Waals surface area contributed by atoms with Crippen LogP contribution in [-0.2, 0) is 7.05 Å². The van der Waals surface area contributed by atoms with Crippen molar-refractivity contribution >= 4 is 0 Å². The average molecular weight is 265 g/mol. The summed E-state index contributed by atoms with van der Waals surface area (Å²) in [5.41, 5.74) is 3.96. The molecule has 0 aromatic carbocycles. The lowest BCUT2D eigenvalue weighted by molar-refractivity contribution is 0.777. The van der Waals surface area contributed by atoms with Crippen LogP contribution in [0.4, 0.5) is 0 Å². The monoisotopic (exact) mass is 265 g/mol. The summed E-state index contributed by atoms with van der Waals surface area (Å²) in [6, 6.07) is 7.85. The molecule has 0 atom stereocenters. The number of hydrogen-bond acceptors (Lipinski definition) is 4. The predicted molar refractivity (Wildman–Crippen MR) is 76.9 cm³/mol. The molecule has 0 bridgehead atoms. The van der Waals surface area contributed by atoms with E-state index in [0.29, 0.717) is 5.82 Å². The Bertz CT molecular complexity index is 726. The SMILES string of the molecule is Cc1cc(-c2nc(-c3ccncc3)nn2C)cc(C)n1. The Morgan fingerprint density at radius 3 is 2.20 bits per heavy atom. The van der Waals surface area contributed by atoms with Crippen molar-refractivity contribution in [2.24, 2.45) is 7.05 Å². The molecular formula is C15H15N5. The van der Waals surface area contributed by atoms with Crippen molar-refractivity contribution < 1.29 is 0 Å². The van der Waals surface area contributed by atoms with Gasteiger partial charge >= 0.3 is 0 Å². The zero-order valence-electron chi connectivity index (χ0n) is 11.7. The van der Waals surface area contributed by atoms with Crippen molar-refractivity contribution in [1.29, 1.82) is 0 Å². The quantitative estimate of drug-likeness (QED) is 0.714. The smallest absolute Gasteiger partial charge is 0.181 e. The van der Waals surface area contributed by atoms with Crippen LogP contribution in [0, 0.1) is 13.8 Å². The summed E-state index contributed by atoms with van der Waals surface area (Å²) in [5, 5.41) is 4.47. The van der Waals surface area contributed by atoms with Crippen molar-refractivity contribution in [3.63, 3.8) is 0 Å². The van der Waals surface area contributed by atoms with Crippen molar-refractivity contribution in [3.8, 4) is 22.8 Å². The summed E-state index contributed by atoms with van der Waals surface area (Å²) in [7, 11) is 1.90. The molecule has 0 saturated carbocycles. The van der Waals surface area contributed by atoms with Gasteiger partial charge in [0.2, 0.25) is 0 Å². The molecule has 5 heteroatoms. The molecule has 3 heterocycles. The molecule has 0 amide bonds. The van der Waals surface area contributed by atoms with Gasteiger partial charge in [0, 0.05) is 42.0 Å². The van der Waals surface area contributed by atoms with Crippen LogP contribution in [0.2, 0.25) is 0 Å². The lowest BCUT2D eigenvalue weighted by Crippen LogP contribution is -1.96. The highest BCUT2D eigenvalue weighted by atomic mass is 15.3. The molecule has 3 aromatic heterocycles. The number of aromatic nitrogens is 5. The van der Waals surface area contributed by atoms with Gasteiger partial charge in [-0.1, -0.05) is 0 Å². The third-order valence-corrected chi connectivity index (χ3v) is 3.04. The standard InChI is InChI=1S/C15H15N5/c1-10-8-13(9-11(2)17-10)15-18-14(19-20(15)3)12-4-6-16-7-5-12/h4-9H,1-3H3. The Morgan fingerprint density at radius 1 is 0.900 bits per heavy atom. The number of rotatable bonds is 2. The van der Waals surface area contributed by atoms with Crippen LogP contribution in [0.5, 0.6) is 0 Å². The van der Waals surface area contributed by atoms with Gasteiger partial charge in [-0.3, -0.25) is 9.97 Å². The summed E-state index contributed by atoms with van der Waals surface area (Å²) >= 11 is 0. The van der Waals surface area contributed by atoms with Gasteiger partial charge in [-0.25, -0.2) is 9.67 Å². The molecular weight excluding hydrogens is 250 g/mol. The molecule has 0 saturated heterocycles. The summed E-state index contributed by atoms with van der Waals surface area (Å²) in [6.45, 7) is 3.97. The number of hydrogen-bond donors (Lipinski definition) is 0. The van der Waals surface area contributed by atoms with E-state index in [0.717, 1.165) is 28.3 Å². The summed E-state index contributed by atoms with van der Waals surface area (Å²) in [4.78, 5) is 13.0. The molecule has 3 rings (SSSR count). The first kappa shape index (κ1) is 12.5. The van der Waals surface area contributed by atoms with Crippen LogP contribution in [0.3, 0.4) is 0 Å². The Hall–Kier alpha value is -2.56. The normalized spacial score (nSPS) is 10.8. The second-order valence-corrected chi connectivity index (χ2v) is 4.76. The van der Waals surface area contributed by atoms with Gasteiger partial charge < -0.3 is 0 Å². The van der Waals surface area contributed by atoms with Crippen molar-refractivity contribution in [3.05, 3.63) is 48.0 Å². The summed E-state index contributed by atoms with van der Waals surface area (Å²) < 4.78 is 1.80. The van der Waals surface area contributed by atoms with Crippen LogP contribution < -0.4 is 0 Å². The minimum atomic E-state index is 0.706. The molecule has 100 valence electrons. The maximum atomic E-state index is 4.63. The third-order valence-electron chi connectivity index (χ3n) is 3.04. The molecule has 0 N–H and O–H groups in total. The van der Waals surface area contributed by atoms with E-state index >= 15 is 0 Å². The lowest BCUT2D eigenvalue weighted by Gasteiger charge is -2.02. The number of nitrogens with zero attached hydrogens (tertiary/aromatic N) is 5. The highest BCUT2D eigenvalue weighted by Gasteiger charge is 2.11. The van der Waals surface area contributed by atoms with E-state index in [-0.39, 0.29) is 0 Å². The van der Waals surface area contributed by atoms with E-state index in [1.807, 2.05) is 45.2 Å². The Morgan fingerprint density at radius 2 is 1.55 bits per heavy atom. The minimum Gasteiger partial charge on any atom is -0.265 e. The fourth-order valence-corrected chi connectivity index (χ4v) is 2.22. The first-order chi connectivity index (χ1) is 9.63. The van der Waals surface area contributed by atoms with Gasteiger partial charge in [0.25, 0.3) is 0 Å². The van der Waals surface area contributed by atoms with Gasteiger partial charge in [0.05, 0.1) is 0 Å². The molecule has 20 heavy (non-hydrogen) atoms. The fraction of sp³-hybridized carbons (Fsp3) is 0.200. The Kier molecular flexibility index (Phi) is 3.02. The maximum absolute atomic E-state index is 4.63. The van der Waals surface area contributed by atoms with Crippen molar-refractivity contribution in [2.45, 2.75) is 13.8 Å². The fourth-order valence-electron chi connectivity index (χ4n) is 2.22. The molecule has 0 radical (unpaired) electrons. The second-order valence-electron chi connectivity index (χ2n) is 4.76. The van der Waals surface area contributed by atoms with Crippen molar-refractivity contribution in [2.75, 3.05) is 0 Å². The van der Waals surface area contributed by atoms with E-state index in [1.165, 1.54) is 0 Å². The minimum absolute atomic E-state index is 0.706. The van der Waals surface area contributed by atoms with Crippen LogP contribution in [0.25, 0.3) is 22.8 Å². The first-order valence-electron chi connectivity index (χ1n) is 6.40. The number of pyridine rings is 2. The molecule has 0 aliphatic carbocycles. The molecule has 0 spiro atoms. The van der Waals surface area contributed by atoms with Gasteiger partial charge in [0.15, 0.2) is 11.6 Å². The first-order valence-corrected chi connectivity index (χ1v) is 6.40. The third kappa shape index (κ3) is 2.30. The Balaban J connectivity index is 2.09. The van der Waals surface area contributed by atoms with E-state index < -0.39 is 0 Å². The van der Waals surface area contributed by atoms with Crippen LogP contribution in [-0.4, -0.2) is 24.7 Å². The second kappa shape index (κ2) is 4.85. The summed E-state index contributed by atoms with van der Waals surface area (Å²) in [5.74, 6) is 1.54. The average Bonchev–Trinajstić information content (AvgIpc) is 2.81. The molecule has 0 aliphatic heterocycles. The van der Waals surface area contributed by atoms with Crippen LogP contribution in [0.15, 0.2) is 36.7 Å². The molecule has 0 unspecified atom stereocenters. The molecule has 5 nitrogen and oxygen atoms in total. The number of aryl methyl sites for hydroxylation is 3. The van der Waals surface area contributed by atoms with E-state index in [4.69, 9.17) is 0 Å². The van der Waals surface area contributed by atoms with Gasteiger partial charge in [-0.2, -0.15) is 5.10 Å². The van der Waals surface area contributed by atoms with E-state index in [1.54, 1.807) is 17.1 Å². The maximum Gasteiger partial charge on any atom is 0.181 e. The summed E-state index contributed by atoms with van der Waals surface area (Å²) in [6.07, 6.45) is 3.48. The highest BCUT2D eigenvalue weighted by Crippen LogP contribution is 2.22.